The van der Waals surface area contributed by atoms with Crippen molar-refractivity contribution in [1.29, 1.82) is 0 Å². The summed E-state index contributed by atoms with van der Waals surface area (Å²) < 4.78 is 3.13. The second-order valence-electron chi connectivity index (χ2n) is 5.28. The van der Waals surface area contributed by atoms with Crippen molar-refractivity contribution in [1.82, 2.24) is 24.2 Å². The van der Waals surface area contributed by atoms with Crippen molar-refractivity contribution in [3.05, 3.63) is 52.7 Å². The van der Waals surface area contributed by atoms with Gasteiger partial charge in [-0.2, -0.15) is 5.10 Å². The molecule has 4 heterocycles. The maximum absolute atomic E-state index is 12.6. The van der Waals surface area contributed by atoms with Crippen molar-refractivity contribution < 1.29 is 4.79 Å². The fraction of sp³-hybridized carbons (Fsp3) is 0.214. The molecule has 0 saturated heterocycles. The summed E-state index contributed by atoms with van der Waals surface area (Å²) in [4.78, 5) is 18.5. The molecule has 0 radical (unpaired) electrons. The summed E-state index contributed by atoms with van der Waals surface area (Å²) in [5, 5.41) is 4.73. The van der Waals surface area contributed by atoms with Crippen LogP contribution < -0.4 is 5.84 Å². The number of aromatic nitrogens is 4. The van der Waals surface area contributed by atoms with Crippen molar-refractivity contribution in [3.8, 4) is 0 Å². The van der Waals surface area contributed by atoms with Crippen LogP contribution in [-0.4, -0.2) is 36.6 Å². The van der Waals surface area contributed by atoms with Gasteiger partial charge in [0.25, 0.3) is 5.91 Å². The highest BCUT2D eigenvalue weighted by Gasteiger charge is 2.25. The Bertz CT molecular complexity index is 883. The number of halogens is 1. The summed E-state index contributed by atoms with van der Waals surface area (Å²) in [5.41, 5.74) is 3.11. The van der Waals surface area contributed by atoms with Gasteiger partial charge in [0.15, 0.2) is 11.3 Å². The molecular weight excluding hydrogens is 304 g/mol. The Morgan fingerprint density at radius 3 is 3.14 bits per heavy atom. The molecule has 0 spiro atoms. The Morgan fingerprint density at radius 2 is 2.27 bits per heavy atom. The van der Waals surface area contributed by atoms with Crippen molar-refractivity contribution in [3.63, 3.8) is 0 Å². The molecule has 8 heteroatoms. The molecule has 22 heavy (non-hydrogen) atoms. The maximum Gasteiger partial charge on any atom is 0.274 e. The molecule has 1 amide bonds. The average molecular weight is 317 g/mol. The zero-order chi connectivity index (χ0) is 15.3. The minimum atomic E-state index is -0.114. The summed E-state index contributed by atoms with van der Waals surface area (Å²) in [6.45, 7) is 1.16. The lowest BCUT2D eigenvalue weighted by molar-refractivity contribution is 0.0727. The Hall–Kier alpha value is -2.54. The number of hydrogen-bond donors (Lipinski definition) is 1. The monoisotopic (exact) mass is 316 g/mol. The first-order valence-electron chi connectivity index (χ1n) is 6.86. The molecule has 3 aromatic rings. The SMILES string of the molecule is Nn1ccc2c1CCN(C(=O)c1cc3ncc(Cl)cn3n1)C2. The van der Waals surface area contributed by atoms with Gasteiger partial charge >= 0.3 is 0 Å². The molecule has 0 fully saturated rings. The van der Waals surface area contributed by atoms with Gasteiger partial charge in [-0.15, -0.1) is 0 Å². The van der Waals surface area contributed by atoms with Gasteiger partial charge in [0.2, 0.25) is 0 Å². The van der Waals surface area contributed by atoms with E-state index >= 15 is 0 Å². The summed E-state index contributed by atoms with van der Waals surface area (Å²) in [5.74, 6) is 5.72. The smallest absolute Gasteiger partial charge is 0.274 e. The topological polar surface area (TPSA) is 81.5 Å². The molecule has 0 aliphatic carbocycles. The van der Waals surface area contributed by atoms with E-state index in [1.54, 1.807) is 21.8 Å². The molecule has 7 nitrogen and oxygen atoms in total. The standard InChI is InChI=1S/C14H13ClN6O/c15-10-6-17-13-5-11(18-21(13)8-10)14(22)19-3-2-12-9(7-19)1-4-20(12)16/h1,4-6,8H,2-3,7,16H2. The number of amides is 1. The molecule has 1 aliphatic heterocycles. The predicted octanol–water partition coefficient (Wildman–Crippen LogP) is 1.10. The fourth-order valence-electron chi connectivity index (χ4n) is 2.78. The van der Waals surface area contributed by atoms with E-state index in [1.165, 1.54) is 10.7 Å². The van der Waals surface area contributed by atoms with Crippen LogP contribution in [0.25, 0.3) is 5.65 Å². The van der Waals surface area contributed by atoms with Crippen LogP contribution >= 0.6 is 11.6 Å². The zero-order valence-electron chi connectivity index (χ0n) is 11.6. The van der Waals surface area contributed by atoms with Gasteiger partial charge in [-0.25, -0.2) is 9.50 Å². The Balaban J connectivity index is 1.63. The highest BCUT2D eigenvalue weighted by atomic mass is 35.5. The molecule has 0 unspecified atom stereocenters. The minimum Gasteiger partial charge on any atom is -0.339 e. The van der Waals surface area contributed by atoms with Crippen LogP contribution in [-0.2, 0) is 13.0 Å². The third kappa shape index (κ3) is 2.01. The van der Waals surface area contributed by atoms with E-state index in [0.717, 1.165) is 17.7 Å². The number of nitrogens with zero attached hydrogens (tertiary/aromatic N) is 5. The Labute approximate surface area is 130 Å². The zero-order valence-corrected chi connectivity index (χ0v) is 12.4. The molecule has 0 bridgehead atoms. The molecule has 1 aliphatic rings. The van der Waals surface area contributed by atoms with E-state index in [4.69, 9.17) is 17.4 Å². The third-order valence-electron chi connectivity index (χ3n) is 3.89. The van der Waals surface area contributed by atoms with Gasteiger partial charge in [-0.3, -0.25) is 9.47 Å². The van der Waals surface area contributed by atoms with Crippen molar-refractivity contribution >= 4 is 23.2 Å². The highest BCUT2D eigenvalue weighted by molar-refractivity contribution is 6.30. The molecule has 0 aromatic carbocycles. The lowest BCUT2D eigenvalue weighted by Gasteiger charge is -2.26. The molecule has 3 aromatic heterocycles. The van der Waals surface area contributed by atoms with Crippen LogP contribution in [0.5, 0.6) is 0 Å². The second-order valence-corrected chi connectivity index (χ2v) is 5.71. The summed E-state index contributed by atoms with van der Waals surface area (Å²) in [7, 11) is 0. The summed E-state index contributed by atoms with van der Waals surface area (Å²) >= 11 is 5.88. The second kappa shape index (κ2) is 4.74. The van der Waals surface area contributed by atoms with Crippen LogP contribution in [0, 0.1) is 0 Å². The first-order valence-corrected chi connectivity index (χ1v) is 7.24. The van der Waals surface area contributed by atoms with Crippen molar-refractivity contribution in [2.75, 3.05) is 12.4 Å². The fourth-order valence-corrected chi connectivity index (χ4v) is 2.92. The summed E-state index contributed by atoms with van der Waals surface area (Å²) in [6, 6.07) is 3.61. The van der Waals surface area contributed by atoms with Gasteiger partial charge < -0.3 is 10.7 Å². The number of nitrogens with two attached hydrogens (primary N) is 1. The van der Waals surface area contributed by atoms with Crippen molar-refractivity contribution in [2.24, 2.45) is 0 Å². The number of rotatable bonds is 1. The number of nitrogen functional groups attached to an aromatic ring is 1. The normalized spacial score (nSPS) is 14.3. The van der Waals surface area contributed by atoms with Crippen LogP contribution in [0.2, 0.25) is 5.02 Å². The Morgan fingerprint density at radius 1 is 1.41 bits per heavy atom. The van der Waals surface area contributed by atoms with E-state index in [0.29, 0.717) is 29.5 Å². The predicted molar refractivity (Wildman–Crippen MR) is 81.0 cm³/mol. The van der Waals surface area contributed by atoms with Crippen LogP contribution in [0.4, 0.5) is 0 Å². The summed E-state index contributed by atoms with van der Waals surface area (Å²) in [6.07, 6.45) is 5.71. The minimum absolute atomic E-state index is 0.114. The van der Waals surface area contributed by atoms with Crippen LogP contribution in [0.15, 0.2) is 30.7 Å². The van der Waals surface area contributed by atoms with E-state index in [1.807, 2.05) is 12.3 Å². The largest absolute Gasteiger partial charge is 0.339 e. The number of fused-ring (bicyclic) bond motifs is 2. The third-order valence-corrected chi connectivity index (χ3v) is 4.08. The first kappa shape index (κ1) is 13.1. The molecule has 0 saturated carbocycles. The quantitative estimate of drug-likeness (QED) is 0.682. The van der Waals surface area contributed by atoms with E-state index in [9.17, 15) is 4.79 Å². The number of hydrogen-bond acceptors (Lipinski definition) is 4. The van der Waals surface area contributed by atoms with Crippen molar-refractivity contribution in [2.45, 2.75) is 13.0 Å². The lowest BCUT2D eigenvalue weighted by atomic mass is 10.1. The van der Waals surface area contributed by atoms with E-state index < -0.39 is 0 Å². The van der Waals surface area contributed by atoms with E-state index in [2.05, 4.69) is 10.1 Å². The Kier molecular flexibility index (Phi) is 2.83. The molecular formula is C14H13ClN6O. The van der Waals surface area contributed by atoms with Gasteiger partial charge in [0, 0.05) is 43.7 Å². The molecule has 112 valence electrons. The van der Waals surface area contributed by atoms with Gasteiger partial charge in [0.1, 0.15) is 0 Å². The highest BCUT2D eigenvalue weighted by Crippen LogP contribution is 2.20. The number of carbonyl (C=O) groups is 1. The molecule has 2 N–H and O–H groups in total. The molecule has 4 rings (SSSR count). The average Bonchev–Trinajstić information content (AvgIpc) is 3.09. The van der Waals surface area contributed by atoms with Gasteiger partial charge in [0.05, 0.1) is 11.2 Å². The van der Waals surface area contributed by atoms with Crippen LogP contribution in [0.1, 0.15) is 21.7 Å². The first-order chi connectivity index (χ1) is 10.6. The van der Waals surface area contributed by atoms with Gasteiger partial charge in [-0.05, 0) is 11.6 Å². The van der Waals surface area contributed by atoms with Crippen LogP contribution in [0.3, 0.4) is 0 Å². The van der Waals surface area contributed by atoms with E-state index in [-0.39, 0.29) is 5.91 Å². The number of carbonyl (C=O) groups excluding carboxylic acids is 1. The van der Waals surface area contributed by atoms with Gasteiger partial charge in [-0.1, -0.05) is 11.6 Å². The maximum atomic E-state index is 12.6. The molecule has 0 atom stereocenters. The lowest BCUT2D eigenvalue weighted by Crippen LogP contribution is -2.37.